The molecule has 2 N–H and O–H groups in total. The first-order chi connectivity index (χ1) is 11.1. The van der Waals surface area contributed by atoms with Gasteiger partial charge >= 0.3 is 18.0 Å². The van der Waals surface area contributed by atoms with Gasteiger partial charge in [-0.3, -0.25) is 4.90 Å². The smallest absolute Gasteiger partial charge is 0.411 e. The highest BCUT2D eigenvalue weighted by Crippen LogP contribution is 2.34. The lowest BCUT2D eigenvalue weighted by molar-refractivity contribution is -0.142. The van der Waals surface area contributed by atoms with E-state index in [1.54, 1.807) is 32.9 Å². The molecule has 2 rings (SSSR count). The number of aliphatic carboxylic acids is 1. The molecule has 0 aromatic heterocycles. The number of likely N-dealkylation sites (tertiary alicyclic amines) is 1. The van der Waals surface area contributed by atoms with Gasteiger partial charge < -0.3 is 14.9 Å². The van der Waals surface area contributed by atoms with Crippen LogP contribution in [0.4, 0.5) is 4.79 Å². The number of benzene rings is 1. The Bertz CT molecular complexity index is 646. The lowest BCUT2D eigenvalue weighted by Crippen LogP contribution is -2.45. The number of hydrogen-bond acceptors (Lipinski definition) is 4. The van der Waals surface area contributed by atoms with Crippen molar-refractivity contribution in [2.24, 2.45) is 0 Å². The largest absolute Gasteiger partial charge is 0.480 e. The van der Waals surface area contributed by atoms with Crippen LogP contribution in [0.25, 0.3) is 0 Å². The monoisotopic (exact) mass is 335 g/mol. The van der Waals surface area contributed by atoms with Gasteiger partial charge in [0.2, 0.25) is 0 Å². The number of carbonyl (C=O) groups is 3. The lowest BCUT2D eigenvalue weighted by atomic mass is 9.91. The maximum Gasteiger partial charge on any atom is 0.411 e. The Morgan fingerprint density at radius 3 is 2.17 bits per heavy atom. The molecule has 1 amide bonds. The van der Waals surface area contributed by atoms with E-state index in [9.17, 15) is 19.5 Å². The highest BCUT2D eigenvalue weighted by atomic mass is 16.6. The van der Waals surface area contributed by atoms with Gasteiger partial charge in [-0.05, 0) is 44.9 Å². The maximum atomic E-state index is 12.3. The average molecular weight is 335 g/mol. The average Bonchev–Trinajstić information content (AvgIpc) is 2.90. The molecule has 1 aliphatic heterocycles. The van der Waals surface area contributed by atoms with Gasteiger partial charge in [0.05, 0.1) is 5.56 Å². The van der Waals surface area contributed by atoms with Crippen molar-refractivity contribution in [3.8, 4) is 0 Å². The normalized spacial score (nSPS) is 20.7. The zero-order chi connectivity index (χ0) is 18.1. The van der Waals surface area contributed by atoms with Crippen LogP contribution >= 0.6 is 0 Å². The summed E-state index contributed by atoms with van der Waals surface area (Å²) in [5.41, 5.74) is 0.118. The van der Waals surface area contributed by atoms with Gasteiger partial charge in [-0.1, -0.05) is 12.1 Å². The van der Waals surface area contributed by atoms with Crippen LogP contribution in [0, 0.1) is 0 Å². The summed E-state index contributed by atoms with van der Waals surface area (Å²) >= 11 is 0. The van der Waals surface area contributed by atoms with Crippen LogP contribution in [0.15, 0.2) is 24.3 Å². The Morgan fingerprint density at radius 1 is 1.12 bits per heavy atom. The second kappa shape index (κ2) is 6.51. The molecule has 1 heterocycles. The number of ether oxygens (including phenoxy) is 1. The van der Waals surface area contributed by atoms with Crippen molar-refractivity contribution in [3.05, 3.63) is 35.4 Å². The van der Waals surface area contributed by atoms with Gasteiger partial charge in [0.25, 0.3) is 0 Å². The molecule has 24 heavy (non-hydrogen) atoms. The van der Waals surface area contributed by atoms with Crippen LogP contribution in [-0.2, 0) is 9.53 Å². The standard InChI is InChI=1S/C17H21NO6/c1-17(2,3)24-16(23)18-9-8-12(13(18)15(21)22)10-4-6-11(7-5-10)14(19)20/h4-7,12-13H,8-9H2,1-3H3,(H,19,20)(H,21,22)/t12-,13+/m1/s1. The third-order valence-corrected chi connectivity index (χ3v) is 3.86. The van der Waals surface area contributed by atoms with E-state index in [1.165, 1.54) is 17.0 Å². The van der Waals surface area contributed by atoms with Crippen LogP contribution in [0.5, 0.6) is 0 Å². The molecule has 1 saturated heterocycles. The van der Waals surface area contributed by atoms with E-state index < -0.39 is 35.6 Å². The molecule has 1 fully saturated rings. The minimum absolute atomic E-state index is 0.132. The van der Waals surface area contributed by atoms with Crippen LogP contribution < -0.4 is 0 Å². The molecule has 0 aliphatic carbocycles. The van der Waals surface area contributed by atoms with E-state index in [0.717, 1.165) is 0 Å². The summed E-state index contributed by atoms with van der Waals surface area (Å²) in [7, 11) is 0. The summed E-state index contributed by atoms with van der Waals surface area (Å²) in [6.45, 7) is 5.44. The number of amides is 1. The summed E-state index contributed by atoms with van der Waals surface area (Å²) in [5.74, 6) is -2.55. The van der Waals surface area contributed by atoms with Crippen LogP contribution in [-0.4, -0.2) is 51.3 Å². The molecule has 1 aromatic rings. The van der Waals surface area contributed by atoms with Crippen LogP contribution in [0.3, 0.4) is 0 Å². The molecule has 130 valence electrons. The fourth-order valence-electron chi connectivity index (χ4n) is 2.85. The van der Waals surface area contributed by atoms with E-state index >= 15 is 0 Å². The van der Waals surface area contributed by atoms with Crippen molar-refractivity contribution in [1.29, 1.82) is 0 Å². The molecular formula is C17H21NO6. The fraction of sp³-hybridized carbons (Fsp3) is 0.471. The minimum atomic E-state index is -1.11. The first-order valence-corrected chi connectivity index (χ1v) is 7.66. The lowest BCUT2D eigenvalue weighted by Gasteiger charge is -2.28. The highest BCUT2D eigenvalue weighted by Gasteiger charge is 2.44. The quantitative estimate of drug-likeness (QED) is 0.880. The van der Waals surface area contributed by atoms with Crippen molar-refractivity contribution in [2.75, 3.05) is 6.54 Å². The molecule has 0 radical (unpaired) electrons. The third-order valence-electron chi connectivity index (χ3n) is 3.86. The Morgan fingerprint density at radius 2 is 1.71 bits per heavy atom. The Hall–Kier alpha value is -2.57. The molecule has 1 aromatic carbocycles. The van der Waals surface area contributed by atoms with Crippen molar-refractivity contribution in [1.82, 2.24) is 4.90 Å². The summed E-state index contributed by atoms with van der Waals surface area (Å²) in [4.78, 5) is 36.1. The minimum Gasteiger partial charge on any atom is -0.480 e. The van der Waals surface area contributed by atoms with E-state index in [4.69, 9.17) is 9.84 Å². The van der Waals surface area contributed by atoms with Crippen molar-refractivity contribution in [3.63, 3.8) is 0 Å². The molecular weight excluding hydrogens is 314 g/mol. The van der Waals surface area contributed by atoms with Crippen molar-refractivity contribution < 1.29 is 29.3 Å². The van der Waals surface area contributed by atoms with Gasteiger partial charge in [0, 0.05) is 12.5 Å². The number of carboxylic acids is 2. The molecule has 7 nitrogen and oxygen atoms in total. The SMILES string of the molecule is CC(C)(C)OC(=O)N1CC[C@H](c2ccc(C(=O)O)cc2)[C@H]1C(=O)O. The molecule has 2 atom stereocenters. The molecule has 0 saturated carbocycles. The Labute approximate surface area is 139 Å². The van der Waals surface area contributed by atoms with Gasteiger partial charge in [-0.2, -0.15) is 0 Å². The molecule has 0 unspecified atom stereocenters. The van der Waals surface area contributed by atoms with Gasteiger partial charge in [-0.25, -0.2) is 14.4 Å². The topological polar surface area (TPSA) is 104 Å². The number of rotatable bonds is 3. The van der Waals surface area contributed by atoms with E-state index in [1.807, 2.05) is 0 Å². The first-order valence-electron chi connectivity index (χ1n) is 7.66. The van der Waals surface area contributed by atoms with Gasteiger partial charge in [0.15, 0.2) is 0 Å². The number of carboxylic acid groups (broad SMARTS) is 2. The molecule has 7 heteroatoms. The highest BCUT2D eigenvalue weighted by molar-refractivity contribution is 5.87. The predicted octanol–water partition coefficient (Wildman–Crippen LogP) is 2.56. The zero-order valence-corrected chi connectivity index (χ0v) is 13.9. The van der Waals surface area contributed by atoms with E-state index in [0.29, 0.717) is 12.0 Å². The van der Waals surface area contributed by atoms with Crippen LogP contribution in [0.2, 0.25) is 0 Å². The van der Waals surface area contributed by atoms with Crippen LogP contribution in [0.1, 0.15) is 49.0 Å². The summed E-state index contributed by atoms with van der Waals surface area (Å²) in [5, 5.41) is 18.5. The number of carbonyl (C=O) groups excluding carboxylic acids is 1. The zero-order valence-electron chi connectivity index (χ0n) is 13.9. The van der Waals surface area contributed by atoms with Crippen molar-refractivity contribution >= 4 is 18.0 Å². The second-order valence-corrected chi connectivity index (χ2v) is 6.78. The Kier molecular flexibility index (Phi) is 4.82. The molecule has 1 aliphatic rings. The fourth-order valence-corrected chi connectivity index (χ4v) is 2.85. The number of aromatic carboxylic acids is 1. The second-order valence-electron chi connectivity index (χ2n) is 6.78. The number of hydrogen-bond donors (Lipinski definition) is 2. The molecule has 0 spiro atoms. The maximum absolute atomic E-state index is 12.3. The third kappa shape index (κ3) is 3.84. The van der Waals surface area contributed by atoms with Crippen molar-refractivity contribution in [2.45, 2.75) is 44.8 Å². The summed E-state index contributed by atoms with van der Waals surface area (Å²) < 4.78 is 5.28. The molecule has 0 bridgehead atoms. The predicted molar refractivity (Wildman–Crippen MR) is 85.1 cm³/mol. The van der Waals surface area contributed by atoms with Gasteiger partial charge in [0.1, 0.15) is 11.6 Å². The first kappa shape index (κ1) is 17.8. The summed E-state index contributed by atoms with van der Waals surface area (Å²) in [6, 6.07) is 5.04. The van der Waals surface area contributed by atoms with Gasteiger partial charge in [-0.15, -0.1) is 0 Å². The van der Waals surface area contributed by atoms with E-state index in [-0.39, 0.29) is 12.1 Å². The summed E-state index contributed by atoms with van der Waals surface area (Å²) in [6.07, 6.45) is -0.178. The van der Waals surface area contributed by atoms with E-state index in [2.05, 4.69) is 0 Å². The Balaban J connectivity index is 2.24. The number of nitrogens with zero attached hydrogens (tertiary/aromatic N) is 1.